The first kappa shape index (κ1) is 22.1. The number of sulfonamides is 1. The van der Waals surface area contributed by atoms with Gasteiger partial charge in [0.05, 0.1) is 17.4 Å². The minimum Gasteiger partial charge on any atom is -0.349 e. The van der Waals surface area contributed by atoms with Gasteiger partial charge in [0.25, 0.3) is 0 Å². The summed E-state index contributed by atoms with van der Waals surface area (Å²) in [6.07, 6.45) is 0.175. The van der Waals surface area contributed by atoms with E-state index in [4.69, 9.17) is 5.14 Å². The maximum absolute atomic E-state index is 12.6. The van der Waals surface area contributed by atoms with Gasteiger partial charge in [-0.3, -0.25) is 4.79 Å². The lowest BCUT2D eigenvalue weighted by atomic mass is 9.85. The number of nitrogens with two attached hydrogens (primary N) is 1. The first-order valence-electron chi connectivity index (χ1n) is 9.39. The van der Waals surface area contributed by atoms with Crippen molar-refractivity contribution in [1.29, 1.82) is 0 Å². The van der Waals surface area contributed by atoms with Gasteiger partial charge in [-0.25, -0.2) is 13.6 Å². The molecule has 2 rings (SSSR count). The van der Waals surface area contributed by atoms with E-state index in [-0.39, 0.29) is 34.6 Å². The highest BCUT2D eigenvalue weighted by atomic mass is 32.2. The summed E-state index contributed by atoms with van der Waals surface area (Å²) in [5.74, 6) is 0.121. The Morgan fingerprint density at radius 2 is 1.54 bits per heavy atom. The number of hydrogen-bond acceptors (Lipinski definition) is 3. The van der Waals surface area contributed by atoms with Gasteiger partial charge in [-0.15, -0.1) is 0 Å². The molecule has 5 nitrogen and oxygen atoms in total. The molecule has 2 aromatic carbocycles. The van der Waals surface area contributed by atoms with Crippen molar-refractivity contribution in [1.82, 2.24) is 5.32 Å². The Hall–Kier alpha value is -2.18. The summed E-state index contributed by atoms with van der Waals surface area (Å²) in [6, 6.07) is 14.4. The van der Waals surface area contributed by atoms with E-state index in [0.29, 0.717) is 0 Å². The van der Waals surface area contributed by atoms with Crippen LogP contribution >= 0.6 is 0 Å². The zero-order valence-corrected chi connectivity index (χ0v) is 18.0. The molecule has 0 radical (unpaired) electrons. The van der Waals surface area contributed by atoms with Gasteiger partial charge in [0, 0.05) is 0 Å². The number of amides is 1. The summed E-state index contributed by atoms with van der Waals surface area (Å²) in [5, 5.41) is 8.20. The molecule has 1 amide bonds. The Labute approximate surface area is 168 Å². The van der Waals surface area contributed by atoms with Crippen LogP contribution in [0.3, 0.4) is 0 Å². The average Bonchev–Trinajstić information content (AvgIpc) is 2.58. The topological polar surface area (TPSA) is 89.3 Å². The molecule has 0 heterocycles. The Bertz CT molecular complexity index is 910. The van der Waals surface area contributed by atoms with Gasteiger partial charge in [0.15, 0.2) is 0 Å². The van der Waals surface area contributed by atoms with Crippen LogP contribution in [-0.4, -0.2) is 14.3 Å². The molecule has 6 heteroatoms. The third-order valence-electron chi connectivity index (χ3n) is 4.74. The SMILES string of the molecule is CC(C)C(NC(=O)Cc1ccc(S(N)(=O)=O)cc1)c1ccc(C(C)(C)C)cc1. The highest BCUT2D eigenvalue weighted by Gasteiger charge is 2.20. The van der Waals surface area contributed by atoms with Gasteiger partial charge in [-0.2, -0.15) is 0 Å². The van der Waals surface area contributed by atoms with Crippen LogP contribution in [0.5, 0.6) is 0 Å². The maximum Gasteiger partial charge on any atom is 0.238 e. The van der Waals surface area contributed by atoms with Crippen molar-refractivity contribution < 1.29 is 13.2 Å². The minimum atomic E-state index is -3.73. The van der Waals surface area contributed by atoms with E-state index in [1.807, 2.05) is 0 Å². The van der Waals surface area contributed by atoms with E-state index in [2.05, 4.69) is 64.2 Å². The summed E-state index contributed by atoms with van der Waals surface area (Å²) in [5.41, 5.74) is 3.13. The monoisotopic (exact) mass is 402 g/mol. The summed E-state index contributed by atoms with van der Waals surface area (Å²) in [4.78, 5) is 12.6. The summed E-state index contributed by atoms with van der Waals surface area (Å²) >= 11 is 0. The van der Waals surface area contributed by atoms with E-state index >= 15 is 0 Å². The molecule has 0 saturated heterocycles. The minimum absolute atomic E-state index is 0.0376. The third-order valence-corrected chi connectivity index (χ3v) is 5.66. The lowest BCUT2D eigenvalue weighted by molar-refractivity contribution is -0.121. The smallest absolute Gasteiger partial charge is 0.238 e. The second-order valence-electron chi connectivity index (χ2n) is 8.53. The molecule has 0 aliphatic rings. The van der Waals surface area contributed by atoms with E-state index in [1.54, 1.807) is 12.1 Å². The standard InChI is InChI=1S/C22H30N2O3S/c1-15(2)21(17-8-10-18(11-9-17)22(3,4)5)24-20(25)14-16-6-12-19(13-7-16)28(23,26)27/h6-13,15,21H,14H2,1-5H3,(H,24,25)(H2,23,26,27). The number of carbonyl (C=O) groups is 1. The van der Waals surface area contributed by atoms with Gasteiger partial charge < -0.3 is 5.32 Å². The maximum atomic E-state index is 12.6. The largest absolute Gasteiger partial charge is 0.349 e. The molecule has 0 bridgehead atoms. The van der Waals surface area contributed by atoms with Crippen LogP contribution in [0, 0.1) is 5.92 Å². The van der Waals surface area contributed by atoms with Crippen LogP contribution < -0.4 is 10.5 Å². The van der Waals surface area contributed by atoms with Crippen LogP contribution in [0.25, 0.3) is 0 Å². The first-order chi connectivity index (χ1) is 12.9. The quantitative estimate of drug-likeness (QED) is 0.772. The Morgan fingerprint density at radius 1 is 1.00 bits per heavy atom. The second-order valence-corrected chi connectivity index (χ2v) is 10.1. The zero-order valence-electron chi connectivity index (χ0n) is 17.2. The lowest BCUT2D eigenvalue weighted by Crippen LogP contribution is -2.33. The van der Waals surface area contributed by atoms with Crippen LogP contribution in [0.15, 0.2) is 53.4 Å². The fraction of sp³-hybridized carbons (Fsp3) is 0.409. The normalized spacial score (nSPS) is 13.4. The first-order valence-corrected chi connectivity index (χ1v) is 10.9. The van der Waals surface area contributed by atoms with Crippen molar-refractivity contribution in [2.45, 2.75) is 57.4 Å². The zero-order chi connectivity index (χ0) is 21.1. The van der Waals surface area contributed by atoms with Crippen molar-refractivity contribution in [2.75, 3.05) is 0 Å². The Kier molecular flexibility index (Phi) is 6.67. The van der Waals surface area contributed by atoms with Crippen molar-refractivity contribution in [3.05, 3.63) is 65.2 Å². The van der Waals surface area contributed by atoms with Crippen LogP contribution in [0.4, 0.5) is 0 Å². The molecular weight excluding hydrogens is 372 g/mol. The van der Waals surface area contributed by atoms with Crippen molar-refractivity contribution in [2.24, 2.45) is 11.1 Å². The number of primary sulfonamides is 1. The molecule has 0 aromatic heterocycles. The number of carbonyl (C=O) groups excluding carboxylic acids is 1. The second kappa shape index (κ2) is 8.45. The van der Waals surface area contributed by atoms with Crippen LogP contribution in [0.1, 0.15) is 57.4 Å². The van der Waals surface area contributed by atoms with Crippen molar-refractivity contribution in [3.8, 4) is 0 Å². The number of rotatable bonds is 6. The molecule has 2 aromatic rings. The summed E-state index contributed by atoms with van der Waals surface area (Å²) in [6.45, 7) is 10.7. The molecule has 0 aliphatic carbocycles. The summed E-state index contributed by atoms with van der Waals surface area (Å²) in [7, 11) is -3.73. The predicted molar refractivity (Wildman–Crippen MR) is 112 cm³/mol. The van der Waals surface area contributed by atoms with Crippen molar-refractivity contribution in [3.63, 3.8) is 0 Å². The van der Waals surface area contributed by atoms with Crippen LogP contribution in [-0.2, 0) is 26.7 Å². The molecule has 0 fully saturated rings. The van der Waals surface area contributed by atoms with Gasteiger partial charge in [-0.1, -0.05) is 71.0 Å². The molecular formula is C22H30N2O3S. The van der Waals surface area contributed by atoms with E-state index in [0.717, 1.165) is 11.1 Å². The number of nitrogens with one attached hydrogen (secondary N) is 1. The third kappa shape index (κ3) is 5.91. The fourth-order valence-corrected chi connectivity index (χ4v) is 3.55. The molecule has 0 saturated carbocycles. The number of benzene rings is 2. The van der Waals surface area contributed by atoms with Gasteiger partial charge in [0.2, 0.25) is 15.9 Å². The summed E-state index contributed by atoms with van der Waals surface area (Å²) < 4.78 is 22.7. The molecule has 1 unspecified atom stereocenters. The van der Waals surface area contributed by atoms with Gasteiger partial charge in [-0.05, 0) is 40.2 Å². The lowest BCUT2D eigenvalue weighted by Gasteiger charge is -2.25. The van der Waals surface area contributed by atoms with E-state index < -0.39 is 10.0 Å². The highest BCUT2D eigenvalue weighted by Crippen LogP contribution is 2.27. The van der Waals surface area contributed by atoms with E-state index in [1.165, 1.54) is 17.7 Å². The highest BCUT2D eigenvalue weighted by molar-refractivity contribution is 7.89. The molecule has 0 spiro atoms. The molecule has 152 valence electrons. The Morgan fingerprint density at radius 3 is 1.96 bits per heavy atom. The van der Waals surface area contributed by atoms with Crippen molar-refractivity contribution >= 4 is 15.9 Å². The van der Waals surface area contributed by atoms with Crippen LogP contribution in [0.2, 0.25) is 0 Å². The molecule has 3 N–H and O–H groups in total. The Balaban J connectivity index is 2.10. The van der Waals surface area contributed by atoms with E-state index in [9.17, 15) is 13.2 Å². The number of hydrogen-bond donors (Lipinski definition) is 2. The predicted octanol–water partition coefficient (Wildman–Crippen LogP) is 3.69. The molecule has 28 heavy (non-hydrogen) atoms. The average molecular weight is 403 g/mol. The van der Waals surface area contributed by atoms with Gasteiger partial charge >= 0.3 is 0 Å². The van der Waals surface area contributed by atoms with Gasteiger partial charge in [0.1, 0.15) is 0 Å². The fourth-order valence-electron chi connectivity index (χ4n) is 3.03. The molecule has 1 atom stereocenters. The molecule has 0 aliphatic heterocycles.